The van der Waals surface area contributed by atoms with Gasteiger partial charge in [-0.05, 0) is 48.4 Å². The molecule has 2 aliphatic rings. The van der Waals surface area contributed by atoms with Crippen molar-refractivity contribution < 1.29 is 0 Å². The van der Waals surface area contributed by atoms with E-state index in [0.29, 0.717) is 12.0 Å². The van der Waals surface area contributed by atoms with E-state index in [4.69, 9.17) is 0 Å². The van der Waals surface area contributed by atoms with Gasteiger partial charge in [-0.15, -0.1) is 5.10 Å². The maximum Gasteiger partial charge on any atom is 0.134 e. The molecule has 1 aliphatic heterocycles. The highest BCUT2D eigenvalue weighted by Gasteiger charge is 2.36. The van der Waals surface area contributed by atoms with Crippen LogP contribution in [0.2, 0.25) is 0 Å². The van der Waals surface area contributed by atoms with Gasteiger partial charge in [0.15, 0.2) is 0 Å². The third kappa shape index (κ3) is 2.30. The lowest BCUT2D eigenvalue weighted by molar-refractivity contribution is 0.341. The zero-order valence-electron chi connectivity index (χ0n) is 15.6. The average Bonchev–Trinajstić information content (AvgIpc) is 3.50. The first-order valence-electron chi connectivity index (χ1n) is 9.65. The lowest BCUT2D eigenvalue weighted by atomic mass is 9.93. The fourth-order valence-electron chi connectivity index (χ4n) is 4.61. The molecule has 3 heterocycles. The normalized spacial score (nSPS) is 20.9. The molecular weight excluding hydrogens is 348 g/mol. The van der Waals surface area contributed by atoms with Crippen molar-refractivity contribution in [1.29, 1.82) is 0 Å². The first-order chi connectivity index (χ1) is 13.8. The predicted octanol–water partition coefficient (Wildman–Crippen LogP) is 3.89. The van der Waals surface area contributed by atoms with Crippen LogP contribution < -0.4 is 0 Å². The summed E-state index contributed by atoms with van der Waals surface area (Å²) in [6, 6.07) is 17.5. The lowest BCUT2D eigenvalue weighted by Gasteiger charge is -2.24. The molecule has 138 valence electrons. The van der Waals surface area contributed by atoms with Crippen molar-refractivity contribution in [1.82, 2.24) is 30.1 Å². The van der Waals surface area contributed by atoms with Gasteiger partial charge >= 0.3 is 0 Å². The molecule has 2 atom stereocenters. The van der Waals surface area contributed by atoms with Crippen LogP contribution in [0.3, 0.4) is 0 Å². The molecule has 6 nitrogen and oxygen atoms in total. The fraction of sp³-hybridized carbons (Fsp3) is 0.227. The third-order valence-corrected chi connectivity index (χ3v) is 6.14. The van der Waals surface area contributed by atoms with Gasteiger partial charge in [0, 0.05) is 24.4 Å². The Morgan fingerprint density at radius 2 is 1.93 bits per heavy atom. The van der Waals surface area contributed by atoms with E-state index < -0.39 is 0 Å². The Morgan fingerprint density at radius 1 is 1.07 bits per heavy atom. The lowest BCUT2D eigenvalue weighted by Crippen LogP contribution is -2.23. The minimum absolute atomic E-state index is 0.567. The van der Waals surface area contributed by atoms with E-state index in [1.54, 1.807) is 5.57 Å². The Bertz CT molecular complexity index is 1200. The minimum atomic E-state index is 0.567. The quantitative estimate of drug-likeness (QED) is 0.596. The minimum Gasteiger partial charge on any atom is -0.377 e. The molecule has 2 aromatic carbocycles. The van der Waals surface area contributed by atoms with Crippen molar-refractivity contribution >= 4 is 10.9 Å². The van der Waals surface area contributed by atoms with E-state index in [1.807, 2.05) is 35.1 Å². The van der Waals surface area contributed by atoms with Crippen LogP contribution in [0.1, 0.15) is 24.3 Å². The largest absolute Gasteiger partial charge is 0.377 e. The van der Waals surface area contributed by atoms with E-state index in [2.05, 4.69) is 62.9 Å². The molecule has 0 unspecified atom stereocenters. The number of hydrogen-bond donors (Lipinski definition) is 1. The summed E-state index contributed by atoms with van der Waals surface area (Å²) in [5, 5.41) is 17.2. The van der Waals surface area contributed by atoms with Crippen molar-refractivity contribution in [3.8, 4) is 17.1 Å². The van der Waals surface area contributed by atoms with Crippen LogP contribution in [-0.2, 0) is 0 Å². The summed E-state index contributed by atoms with van der Waals surface area (Å²) < 4.78 is 1.82. The van der Waals surface area contributed by atoms with Gasteiger partial charge in [0.1, 0.15) is 11.4 Å². The predicted molar refractivity (Wildman–Crippen MR) is 108 cm³/mol. The molecule has 6 heteroatoms. The SMILES string of the molecule is CN1C=C2C[C@@H]1C[C@@H]2c1ccc(-n2cc(-c3n[nH]c4ccccc34)nn2)cc1. The Kier molecular flexibility index (Phi) is 3.23. The van der Waals surface area contributed by atoms with Gasteiger partial charge in [0.25, 0.3) is 0 Å². The molecule has 2 bridgehead atoms. The van der Waals surface area contributed by atoms with E-state index >= 15 is 0 Å². The van der Waals surface area contributed by atoms with E-state index in [9.17, 15) is 0 Å². The zero-order chi connectivity index (χ0) is 18.7. The summed E-state index contributed by atoms with van der Waals surface area (Å²) in [5.74, 6) is 0.567. The van der Waals surface area contributed by atoms with Gasteiger partial charge in [-0.3, -0.25) is 5.10 Å². The van der Waals surface area contributed by atoms with Crippen LogP contribution in [0.15, 0.2) is 66.5 Å². The molecule has 2 aromatic heterocycles. The Balaban J connectivity index is 1.29. The standard InChI is InChI=1S/C22H20N6/c1-27-12-15-10-17(27)11-19(15)14-6-8-16(9-7-14)28-13-21(24-26-28)22-18-4-2-3-5-20(18)23-25-22/h2-9,12-13,17,19H,10-11H2,1H3,(H,23,25)/t17-,19-/m1/s1. The second kappa shape index (κ2) is 5.79. The highest BCUT2D eigenvalue weighted by atomic mass is 15.4. The highest BCUT2D eigenvalue weighted by Crippen LogP contribution is 2.45. The maximum absolute atomic E-state index is 4.42. The highest BCUT2D eigenvalue weighted by molar-refractivity contribution is 5.91. The van der Waals surface area contributed by atoms with E-state index in [1.165, 1.54) is 18.4 Å². The summed E-state index contributed by atoms with van der Waals surface area (Å²) in [7, 11) is 2.18. The van der Waals surface area contributed by atoms with Gasteiger partial charge < -0.3 is 4.90 Å². The molecule has 1 fully saturated rings. The second-order valence-electron chi connectivity index (χ2n) is 7.77. The molecule has 0 amide bonds. The molecular formula is C22H20N6. The second-order valence-corrected chi connectivity index (χ2v) is 7.77. The van der Waals surface area contributed by atoms with Crippen LogP contribution in [0.25, 0.3) is 28.0 Å². The van der Waals surface area contributed by atoms with Gasteiger partial charge in [0.2, 0.25) is 0 Å². The van der Waals surface area contributed by atoms with Crippen LogP contribution >= 0.6 is 0 Å². The van der Waals surface area contributed by atoms with Crippen molar-refractivity contribution in [3.63, 3.8) is 0 Å². The van der Waals surface area contributed by atoms with Gasteiger partial charge in [-0.25, -0.2) is 4.68 Å². The van der Waals surface area contributed by atoms with Crippen molar-refractivity contribution in [3.05, 3.63) is 72.1 Å². The topological polar surface area (TPSA) is 62.6 Å². The number of rotatable bonds is 3. The van der Waals surface area contributed by atoms with Crippen LogP contribution in [0, 0.1) is 0 Å². The zero-order valence-corrected chi connectivity index (χ0v) is 15.6. The van der Waals surface area contributed by atoms with Crippen molar-refractivity contribution in [2.75, 3.05) is 7.05 Å². The van der Waals surface area contributed by atoms with Crippen LogP contribution in [0.5, 0.6) is 0 Å². The third-order valence-electron chi connectivity index (χ3n) is 6.14. The van der Waals surface area contributed by atoms with Gasteiger partial charge in [0.05, 0.1) is 17.4 Å². The summed E-state index contributed by atoms with van der Waals surface area (Å²) in [6.45, 7) is 0. The number of fused-ring (bicyclic) bond motifs is 3. The molecule has 4 aromatic rings. The molecule has 6 rings (SSSR count). The number of hydrogen-bond acceptors (Lipinski definition) is 4. The molecule has 0 radical (unpaired) electrons. The molecule has 1 N–H and O–H groups in total. The summed E-state index contributed by atoms with van der Waals surface area (Å²) in [5.41, 5.74) is 6.57. The average molecular weight is 368 g/mol. The van der Waals surface area contributed by atoms with Gasteiger partial charge in [-0.1, -0.05) is 35.5 Å². The van der Waals surface area contributed by atoms with Crippen molar-refractivity contribution in [2.24, 2.45) is 0 Å². The number of aromatic amines is 1. The Hall–Kier alpha value is -3.41. The molecule has 28 heavy (non-hydrogen) atoms. The number of nitrogens with one attached hydrogen (secondary N) is 1. The molecule has 0 spiro atoms. The summed E-state index contributed by atoms with van der Waals surface area (Å²) in [4.78, 5) is 2.36. The number of para-hydroxylation sites is 1. The summed E-state index contributed by atoms with van der Waals surface area (Å²) >= 11 is 0. The smallest absolute Gasteiger partial charge is 0.134 e. The Morgan fingerprint density at radius 3 is 2.71 bits per heavy atom. The monoisotopic (exact) mass is 368 g/mol. The van der Waals surface area contributed by atoms with Gasteiger partial charge in [-0.2, -0.15) is 5.10 Å². The van der Waals surface area contributed by atoms with E-state index in [0.717, 1.165) is 28.0 Å². The number of nitrogens with zero attached hydrogens (tertiary/aromatic N) is 5. The first kappa shape index (κ1) is 15.6. The van der Waals surface area contributed by atoms with Crippen molar-refractivity contribution in [2.45, 2.75) is 24.8 Å². The van der Waals surface area contributed by atoms with E-state index in [-0.39, 0.29) is 0 Å². The molecule has 1 aliphatic carbocycles. The fourth-order valence-corrected chi connectivity index (χ4v) is 4.61. The molecule has 0 saturated heterocycles. The Labute approximate surface area is 162 Å². The first-order valence-corrected chi connectivity index (χ1v) is 9.65. The summed E-state index contributed by atoms with van der Waals surface area (Å²) in [6.07, 6.45) is 6.70. The van der Waals surface area contributed by atoms with Crippen LogP contribution in [0.4, 0.5) is 0 Å². The number of aromatic nitrogens is 5. The van der Waals surface area contributed by atoms with Crippen LogP contribution in [-0.4, -0.2) is 43.2 Å². The number of benzene rings is 2. The number of H-pyrrole nitrogens is 1. The maximum atomic E-state index is 4.42. The molecule has 1 saturated carbocycles.